The van der Waals surface area contributed by atoms with Crippen LogP contribution < -0.4 is 9.47 Å². The number of hydrogen-bond donors (Lipinski definition) is 0. The molecule has 3 heteroatoms. The molecule has 0 spiro atoms. The summed E-state index contributed by atoms with van der Waals surface area (Å²) in [5, 5.41) is 0.661. The van der Waals surface area contributed by atoms with Crippen molar-refractivity contribution in [2.24, 2.45) is 11.3 Å². The van der Waals surface area contributed by atoms with E-state index in [1.165, 1.54) is 18.4 Å². The Bertz CT molecular complexity index is 486. The second kappa shape index (κ2) is 4.59. The van der Waals surface area contributed by atoms with Crippen LogP contribution in [0.25, 0.3) is 0 Å². The van der Waals surface area contributed by atoms with Crippen molar-refractivity contribution in [3.8, 4) is 11.5 Å². The van der Waals surface area contributed by atoms with E-state index in [4.69, 9.17) is 21.1 Å². The lowest BCUT2D eigenvalue weighted by Gasteiger charge is -2.25. The van der Waals surface area contributed by atoms with Gasteiger partial charge in [0, 0.05) is 11.5 Å². The molecule has 1 aromatic rings. The topological polar surface area (TPSA) is 18.5 Å². The number of halogens is 1. The summed E-state index contributed by atoms with van der Waals surface area (Å²) in [6.07, 6.45) is 2.55. The number of benzene rings is 1. The molecule has 1 aromatic carbocycles. The minimum Gasteiger partial charge on any atom is -0.489 e. The molecule has 0 N–H and O–H groups in total. The van der Waals surface area contributed by atoms with Crippen LogP contribution in [0.5, 0.6) is 11.5 Å². The van der Waals surface area contributed by atoms with Gasteiger partial charge in [-0.2, -0.15) is 0 Å². The van der Waals surface area contributed by atoms with E-state index in [-0.39, 0.29) is 5.41 Å². The Kier molecular flexibility index (Phi) is 3.17. The van der Waals surface area contributed by atoms with Gasteiger partial charge >= 0.3 is 0 Å². The van der Waals surface area contributed by atoms with Gasteiger partial charge in [0.1, 0.15) is 0 Å². The largest absolute Gasteiger partial charge is 0.489 e. The Morgan fingerprint density at radius 3 is 2.68 bits per heavy atom. The van der Waals surface area contributed by atoms with E-state index >= 15 is 0 Å². The van der Waals surface area contributed by atoms with E-state index in [0.29, 0.717) is 16.9 Å². The fourth-order valence-electron chi connectivity index (χ4n) is 2.57. The van der Waals surface area contributed by atoms with Crippen molar-refractivity contribution in [2.45, 2.75) is 39.5 Å². The predicted molar refractivity (Wildman–Crippen MR) is 77.4 cm³/mol. The molecule has 0 radical (unpaired) electrons. The summed E-state index contributed by atoms with van der Waals surface area (Å²) in [7, 11) is 0. The van der Waals surface area contributed by atoms with Crippen molar-refractivity contribution < 1.29 is 9.47 Å². The van der Waals surface area contributed by atoms with Crippen LogP contribution in [0.15, 0.2) is 12.1 Å². The maximum Gasteiger partial charge on any atom is 0.180 e. The van der Waals surface area contributed by atoms with Crippen LogP contribution in [0.4, 0.5) is 0 Å². The molecule has 1 heterocycles. The minimum atomic E-state index is 0.187. The van der Waals surface area contributed by atoms with Gasteiger partial charge in [-0.05, 0) is 30.2 Å². The molecule has 1 aliphatic carbocycles. The van der Waals surface area contributed by atoms with Crippen molar-refractivity contribution in [1.82, 2.24) is 0 Å². The average Bonchev–Trinajstić information content (AvgIpc) is 3.03. The van der Waals surface area contributed by atoms with Crippen LogP contribution in [0, 0.1) is 11.3 Å². The van der Waals surface area contributed by atoms with Gasteiger partial charge < -0.3 is 9.47 Å². The standard InChI is InChI=1S/C16H21ClO2/c1-16(2,3)12-9-19-14-11(12)6-7-13(17)15(14)18-8-10-4-5-10/h6-7,10,12H,4-5,8-9H2,1-3H3. The first kappa shape index (κ1) is 13.1. The number of fused-ring (bicyclic) bond motifs is 1. The molecular formula is C16H21ClO2. The molecule has 1 unspecified atom stereocenters. The van der Waals surface area contributed by atoms with Crippen LogP contribution >= 0.6 is 11.6 Å². The van der Waals surface area contributed by atoms with Crippen LogP contribution in [-0.4, -0.2) is 13.2 Å². The Labute approximate surface area is 120 Å². The molecular weight excluding hydrogens is 260 g/mol. The van der Waals surface area contributed by atoms with E-state index in [1.54, 1.807) is 0 Å². The molecule has 19 heavy (non-hydrogen) atoms. The van der Waals surface area contributed by atoms with Crippen LogP contribution in [0.3, 0.4) is 0 Å². The quantitative estimate of drug-likeness (QED) is 0.802. The van der Waals surface area contributed by atoms with E-state index in [1.807, 2.05) is 6.07 Å². The monoisotopic (exact) mass is 280 g/mol. The van der Waals surface area contributed by atoms with Gasteiger partial charge in [0.2, 0.25) is 0 Å². The zero-order valence-corrected chi connectivity index (χ0v) is 12.6. The van der Waals surface area contributed by atoms with E-state index in [0.717, 1.165) is 24.7 Å². The highest BCUT2D eigenvalue weighted by Crippen LogP contribution is 2.50. The number of rotatable bonds is 3. The normalized spacial score (nSPS) is 22.0. The van der Waals surface area contributed by atoms with Gasteiger partial charge in [-0.25, -0.2) is 0 Å². The summed E-state index contributed by atoms with van der Waals surface area (Å²) in [5.74, 6) is 2.74. The number of ether oxygens (including phenoxy) is 2. The second-order valence-corrected chi connectivity index (χ2v) is 7.19. The van der Waals surface area contributed by atoms with E-state index < -0.39 is 0 Å². The number of hydrogen-bond acceptors (Lipinski definition) is 2. The molecule has 0 amide bonds. The Morgan fingerprint density at radius 1 is 1.32 bits per heavy atom. The Hall–Kier alpha value is -0.890. The highest BCUT2D eigenvalue weighted by molar-refractivity contribution is 6.32. The first-order valence-corrected chi connectivity index (χ1v) is 7.42. The predicted octanol–water partition coefficient (Wildman–Crippen LogP) is 4.65. The summed E-state index contributed by atoms with van der Waals surface area (Å²) in [5.41, 5.74) is 1.43. The van der Waals surface area contributed by atoms with Crippen molar-refractivity contribution in [3.63, 3.8) is 0 Å². The maximum atomic E-state index is 6.27. The SMILES string of the molecule is CC(C)(C)C1COc2c1ccc(Cl)c2OCC1CC1. The molecule has 0 aromatic heterocycles. The molecule has 104 valence electrons. The molecule has 2 nitrogen and oxygen atoms in total. The highest BCUT2D eigenvalue weighted by Gasteiger charge is 2.36. The Morgan fingerprint density at radius 2 is 2.05 bits per heavy atom. The van der Waals surface area contributed by atoms with E-state index in [9.17, 15) is 0 Å². The first-order valence-electron chi connectivity index (χ1n) is 7.05. The van der Waals surface area contributed by atoms with Crippen LogP contribution in [-0.2, 0) is 0 Å². The van der Waals surface area contributed by atoms with Crippen molar-refractivity contribution in [3.05, 3.63) is 22.7 Å². The van der Waals surface area contributed by atoms with Crippen LogP contribution in [0.1, 0.15) is 45.1 Å². The molecule has 0 saturated heterocycles. The third-order valence-corrected chi connectivity index (χ3v) is 4.37. The molecule has 3 rings (SSSR count). The summed E-state index contributed by atoms with van der Waals surface area (Å²) < 4.78 is 11.8. The first-order chi connectivity index (χ1) is 8.97. The zero-order valence-electron chi connectivity index (χ0n) is 11.8. The van der Waals surface area contributed by atoms with Gasteiger partial charge in [-0.15, -0.1) is 0 Å². The lowest BCUT2D eigenvalue weighted by Crippen LogP contribution is -2.19. The van der Waals surface area contributed by atoms with Gasteiger partial charge in [0.15, 0.2) is 11.5 Å². The lowest BCUT2D eigenvalue weighted by molar-refractivity contribution is 0.232. The van der Waals surface area contributed by atoms with Gasteiger partial charge in [-0.3, -0.25) is 0 Å². The minimum absolute atomic E-state index is 0.187. The summed E-state index contributed by atoms with van der Waals surface area (Å²) in [6.45, 7) is 8.22. The molecule has 1 fully saturated rings. The average molecular weight is 281 g/mol. The molecule has 1 aliphatic heterocycles. The third-order valence-electron chi connectivity index (χ3n) is 4.07. The summed E-state index contributed by atoms with van der Waals surface area (Å²) in [4.78, 5) is 0. The second-order valence-electron chi connectivity index (χ2n) is 6.78. The smallest absolute Gasteiger partial charge is 0.180 e. The fraction of sp³-hybridized carbons (Fsp3) is 0.625. The molecule has 0 bridgehead atoms. The van der Waals surface area contributed by atoms with Crippen molar-refractivity contribution >= 4 is 11.6 Å². The van der Waals surface area contributed by atoms with Crippen molar-refractivity contribution in [2.75, 3.05) is 13.2 Å². The van der Waals surface area contributed by atoms with Gasteiger partial charge in [-0.1, -0.05) is 38.4 Å². The molecule has 1 atom stereocenters. The maximum absolute atomic E-state index is 6.27. The zero-order chi connectivity index (χ0) is 13.6. The van der Waals surface area contributed by atoms with Gasteiger partial charge in [0.25, 0.3) is 0 Å². The van der Waals surface area contributed by atoms with Crippen molar-refractivity contribution in [1.29, 1.82) is 0 Å². The lowest BCUT2D eigenvalue weighted by atomic mass is 9.78. The Balaban J connectivity index is 1.90. The van der Waals surface area contributed by atoms with Crippen LogP contribution in [0.2, 0.25) is 5.02 Å². The van der Waals surface area contributed by atoms with Gasteiger partial charge in [0.05, 0.1) is 18.2 Å². The molecule has 2 aliphatic rings. The highest BCUT2D eigenvalue weighted by atomic mass is 35.5. The third kappa shape index (κ3) is 2.55. The van der Waals surface area contributed by atoms with E-state index in [2.05, 4.69) is 26.8 Å². The summed E-state index contributed by atoms with van der Waals surface area (Å²) in [6, 6.07) is 4.03. The fourth-order valence-corrected chi connectivity index (χ4v) is 2.77. The molecule has 1 saturated carbocycles. The summed E-state index contributed by atoms with van der Waals surface area (Å²) >= 11 is 6.27.